The lowest BCUT2D eigenvalue weighted by Crippen LogP contribution is -2.28. The molecule has 0 saturated carbocycles. The summed E-state index contributed by atoms with van der Waals surface area (Å²) in [5, 5.41) is 2.84. The summed E-state index contributed by atoms with van der Waals surface area (Å²) >= 11 is 0. The van der Waals surface area contributed by atoms with Gasteiger partial charge < -0.3 is 15.0 Å². The summed E-state index contributed by atoms with van der Waals surface area (Å²) in [5.74, 6) is 0.686. The molecule has 6 heteroatoms. The van der Waals surface area contributed by atoms with Crippen LogP contribution in [0.1, 0.15) is 12.8 Å². The molecule has 1 aliphatic rings. The van der Waals surface area contributed by atoms with Gasteiger partial charge in [0.1, 0.15) is 0 Å². The number of rotatable bonds is 3. The minimum Gasteiger partial charge on any atom is -0.381 e. The minimum atomic E-state index is 0.0273. The van der Waals surface area contributed by atoms with E-state index in [0.29, 0.717) is 24.8 Å². The average Bonchev–Trinajstić information content (AvgIpc) is 2.40. The third-order valence-corrected chi connectivity index (χ3v) is 2.90. The molecular formula is C12H18N4O2. The number of nitrogens with one attached hydrogen (secondary N) is 1. The van der Waals surface area contributed by atoms with Crippen LogP contribution in [-0.2, 0) is 9.53 Å². The molecule has 0 aromatic carbocycles. The molecule has 1 aromatic heterocycles. The summed E-state index contributed by atoms with van der Waals surface area (Å²) in [6.45, 7) is 1.32. The van der Waals surface area contributed by atoms with Crippen molar-refractivity contribution in [1.29, 1.82) is 0 Å². The van der Waals surface area contributed by atoms with Crippen molar-refractivity contribution in [2.24, 2.45) is 5.92 Å². The third-order valence-electron chi connectivity index (χ3n) is 2.90. The smallest absolute Gasteiger partial charge is 0.227 e. The molecule has 1 N–H and O–H groups in total. The van der Waals surface area contributed by atoms with Crippen LogP contribution >= 0.6 is 0 Å². The molecule has 1 fully saturated rings. The van der Waals surface area contributed by atoms with Gasteiger partial charge in [-0.15, -0.1) is 0 Å². The molecule has 6 nitrogen and oxygen atoms in total. The van der Waals surface area contributed by atoms with Gasteiger partial charge in [-0.3, -0.25) is 4.79 Å². The van der Waals surface area contributed by atoms with Gasteiger partial charge in [-0.05, 0) is 12.8 Å². The van der Waals surface area contributed by atoms with Crippen LogP contribution in [-0.4, -0.2) is 43.2 Å². The SMILES string of the molecule is CN(C)c1ncc(NC(=O)C2CCOCC2)cn1. The number of aromatic nitrogens is 2. The van der Waals surface area contributed by atoms with E-state index in [4.69, 9.17) is 4.74 Å². The Morgan fingerprint density at radius 2 is 1.94 bits per heavy atom. The fourth-order valence-corrected chi connectivity index (χ4v) is 1.82. The average molecular weight is 250 g/mol. The van der Waals surface area contributed by atoms with Crippen LogP contribution in [0, 0.1) is 5.92 Å². The van der Waals surface area contributed by atoms with E-state index in [2.05, 4.69) is 15.3 Å². The number of carbonyl (C=O) groups is 1. The number of ether oxygens (including phenoxy) is 1. The standard InChI is InChI=1S/C12H18N4O2/c1-16(2)12-13-7-10(8-14-12)15-11(17)9-3-5-18-6-4-9/h7-9H,3-6H2,1-2H3,(H,15,17). The van der Waals surface area contributed by atoms with Gasteiger partial charge in [0.25, 0.3) is 0 Å². The first-order chi connectivity index (χ1) is 8.66. The van der Waals surface area contributed by atoms with E-state index in [1.54, 1.807) is 12.4 Å². The van der Waals surface area contributed by atoms with Crippen molar-refractivity contribution in [3.8, 4) is 0 Å². The predicted molar refractivity (Wildman–Crippen MR) is 68.5 cm³/mol. The van der Waals surface area contributed by atoms with Gasteiger partial charge >= 0.3 is 0 Å². The molecule has 1 aromatic rings. The molecule has 2 rings (SSSR count). The maximum Gasteiger partial charge on any atom is 0.227 e. The van der Waals surface area contributed by atoms with Crippen molar-refractivity contribution in [3.63, 3.8) is 0 Å². The predicted octanol–water partition coefficient (Wildman–Crippen LogP) is 0.908. The van der Waals surface area contributed by atoms with Crippen molar-refractivity contribution in [2.45, 2.75) is 12.8 Å². The first-order valence-corrected chi connectivity index (χ1v) is 6.05. The highest BCUT2D eigenvalue weighted by molar-refractivity contribution is 5.92. The third kappa shape index (κ3) is 3.16. The van der Waals surface area contributed by atoms with Crippen molar-refractivity contribution in [2.75, 3.05) is 37.5 Å². The topological polar surface area (TPSA) is 67.4 Å². The number of hydrogen-bond acceptors (Lipinski definition) is 5. The number of carbonyl (C=O) groups excluding carboxylic acids is 1. The maximum absolute atomic E-state index is 12.0. The number of amides is 1. The van der Waals surface area contributed by atoms with E-state index < -0.39 is 0 Å². The Kier molecular flexibility index (Phi) is 4.09. The Hall–Kier alpha value is -1.69. The number of anilines is 2. The summed E-state index contributed by atoms with van der Waals surface area (Å²) in [6, 6.07) is 0. The number of hydrogen-bond donors (Lipinski definition) is 1. The summed E-state index contributed by atoms with van der Waals surface area (Å²) in [6.07, 6.45) is 4.81. The molecule has 2 heterocycles. The van der Waals surface area contributed by atoms with Crippen LogP contribution in [0.25, 0.3) is 0 Å². The molecule has 0 unspecified atom stereocenters. The van der Waals surface area contributed by atoms with Crippen molar-refractivity contribution in [3.05, 3.63) is 12.4 Å². The molecule has 0 atom stereocenters. The Morgan fingerprint density at radius 3 is 2.50 bits per heavy atom. The minimum absolute atomic E-state index is 0.0273. The largest absolute Gasteiger partial charge is 0.381 e. The fourth-order valence-electron chi connectivity index (χ4n) is 1.82. The van der Waals surface area contributed by atoms with Gasteiger partial charge in [-0.25, -0.2) is 9.97 Å². The van der Waals surface area contributed by atoms with Crippen LogP contribution < -0.4 is 10.2 Å². The lowest BCUT2D eigenvalue weighted by molar-refractivity contribution is -0.122. The second-order valence-corrected chi connectivity index (χ2v) is 4.54. The van der Waals surface area contributed by atoms with Crippen molar-refractivity contribution in [1.82, 2.24) is 9.97 Å². The van der Waals surface area contributed by atoms with Gasteiger partial charge in [0.2, 0.25) is 11.9 Å². The van der Waals surface area contributed by atoms with Gasteiger partial charge in [0.05, 0.1) is 18.1 Å². The molecular weight excluding hydrogens is 232 g/mol. The Labute approximate surface area is 106 Å². The molecule has 0 spiro atoms. The van der Waals surface area contributed by atoms with Gasteiger partial charge in [-0.2, -0.15) is 0 Å². The highest BCUT2D eigenvalue weighted by Crippen LogP contribution is 2.17. The first-order valence-electron chi connectivity index (χ1n) is 6.05. The van der Waals surface area contributed by atoms with Crippen LogP contribution in [0.2, 0.25) is 0 Å². The second-order valence-electron chi connectivity index (χ2n) is 4.54. The molecule has 0 bridgehead atoms. The molecule has 1 aliphatic heterocycles. The van der Waals surface area contributed by atoms with Crippen LogP contribution in [0.5, 0.6) is 0 Å². The lowest BCUT2D eigenvalue weighted by atomic mass is 9.99. The summed E-state index contributed by atoms with van der Waals surface area (Å²) in [5.41, 5.74) is 0.636. The lowest BCUT2D eigenvalue weighted by Gasteiger charge is -2.21. The maximum atomic E-state index is 12.0. The Bertz CT molecular complexity index is 399. The van der Waals surface area contributed by atoms with Crippen molar-refractivity contribution >= 4 is 17.5 Å². The normalized spacial score (nSPS) is 16.3. The molecule has 0 radical (unpaired) electrons. The zero-order valence-electron chi connectivity index (χ0n) is 10.7. The molecule has 1 saturated heterocycles. The Balaban J connectivity index is 1.94. The fraction of sp³-hybridized carbons (Fsp3) is 0.583. The number of nitrogens with zero attached hydrogens (tertiary/aromatic N) is 3. The summed E-state index contributed by atoms with van der Waals surface area (Å²) in [7, 11) is 3.74. The van der Waals surface area contributed by atoms with E-state index in [1.165, 1.54) is 0 Å². The molecule has 0 aliphatic carbocycles. The summed E-state index contributed by atoms with van der Waals surface area (Å²) in [4.78, 5) is 22.1. The van der Waals surface area contributed by atoms with Crippen LogP contribution in [0.3, 0.4) is 0 Å². The highest BCUT2D eigenvalue weighted by atomic mass is 16.5. The van der Waals surface area contributed by atoms with Gasteiger partial charge in [-0.1, -0.05) is 0 Å². The van der Waals surface area contributed by atoms with Gasteiger partial charge in [0, 0.05) is 33.2 Å². The zero-order chi connectivity index (χ0) is 13.0. The van der Waals surface area contributed by atoms with E-state index in [1.807, 2.05) is 19.0 Å². The Morgan fingerprint density at radius 1 is 1.33 bits per heavy atom. The second kappa shape index (κ2) is 5.77. The molecule has 98 valence electrons. The van der Waals surface area contributed by atoms with E-state index in [-0.39, 0.29) is 11.8 Å². The monoisotopic (exact) mass is 250 g/mol. The first kappa shape index (κ1) is 12.8. The molecule has 18 heavy (non-hydrogen) atoms. The van der Waals surface area contributed by atoms with E-state index >= 15 is 0 Å². The highest BCUT2D eigenvalue weighted by Gasteiger charge is 2.21. The van der Waals surface area contributed by atoms with Crippen molar-refractivity contribution < 1.29 is 9.53 Å². The van der Waals surface area contributed by atoms with Crippen LogP contribution in [0.15, 0.2) is 12.4 Å². The summed E-state index contributed by atoms with van der Waals surface area (Å²) < 4.78 is 5.23. The van der Waals surface area contributed by atoms with Gasteiger partial charge in [0.15, 0.2) is 0 Å². The van der Waals surface area contributed by atoms with E-state index in [0.717, 1.165) is 12.8 Å². The molecule has 1 amide bonds. The quantitative estimate of drug-likeness (QED) is 0.863. The zero-order valence-corrected chi connectivity index (χ0v) is 10.7. The van der Waals surface area contributed by atoms with Crippen LogP contribution in [0.4, 0.5) is 11.6 Å². The van der Waals surface area contributed by atoms with E-state index in [9.17, 15) is 4.79 Å².